The van der Waals surface area contributed by atoms with Crippen LogP contribution in [0.4, 0.5) is 16.0 Å². The number of rotatable bonds is 6. The van der Waals surface area contributed by atoms with Gasteiger partial charge in [-0.2, -0.15) is 0 Å². The first kappa shape index (κ1) is 21.8. The fourth-order valence-electron chi connectivity index (χ4n) is 3.87. The van der Waals surface area contributed by atoms with Gasteiger partial charge < -0.3 is 9.47 Å². The Labute approximate surface area is 186 Å². The summed E-state index contributed by atoms with van der Waals surface area (Å²) in [7, 11) is 3.23. The maximum Gasteiger partial charge on any atom is 0.259 e. The average molecular weight is 439 g/mol. The highest BCUT2D eigenvalue weighted by atomic mass is 19.1. The molecule has 168 valence electrons. The van der Waals surface area contributed by atoms with Gasteiger partial charge in [-0.3, -0.25) is 19.2 Å². The molecule has 4 rings (SSSR count). The Bertz CT molecular complexity index is 1180. The first-order valence-corrected chi connectivity index (χ1v) is 10.5. The molecule has 8 heteroatoms. The highest BCUT2D eigenvalue weighted by Crippen LogP contribution is 2.29. The van der Waals surface area contributed by atoms with Crippen molar-refractivity contribution in [2.24, 2.45) is 0 Å². The van der Waals surface area contributed by atoms with Gasteiger partial charge in [-0.05, 0) is 62.2 Å². The van der Waals surface area contributed by atoms with E-state index in [0.717, 1.165) is 17.7 Å². The quantitative estimate of drug-likeness (QED) is 0.586. The molecule has 1 aliphatic heterocycles. The van der Waals surface area contributed by atoms with Crippen LogP contribution in [0.1, 0.15) is 16.8 Å². The molecule has 0 N–H and O–H groups in total. The molecule has 0 amide bonds. The van der Waals surface area contributed by atoms with Crippen molar-refractivity contribution in [3.63, 3.8) is 0 Å². The SMILES string of the molecule is COc1ccc(CCN2CN(c3ccc(F)cc3)c3nc(C)c(C)c(=O)n3C2)cc1OC. The average Bonchev–Trinajstić information content (AvgIpc) is 2.81. The molecule has 1 aromatic heterocycles. The smallest absolute Gasteiger partial charge is 0.259 e. The molecule has 2 aromatic carbocycles. The molecule has 3 aromatic rings. The van der Waals surface area contributed by atoms with E-state index in [1.165, 1.54) is 12.1 Å². The van der Waals surface area contributed by atoms with Gasteiger partial charge in [-0.15, -0.1) is 0 Å². The molecule has 7 nitrogen and oxygen atoms in total. The summed E-state index contributed by atoms with van der Waals surface area (Å²) in [5.74, 6) is 1.65. The van der Waals surface area contributed by atoms with Crippen molar-refractivity contribution in [1.82, 2.24) is 14.5 Å². The van der Waals surface area contributed by atoms with Gasteiger partial charge >= 0.3 is 0 Å². The largest absolute Gasteiger partial charge is 0.493 e. The summed E-state index contributed by atoms with van der Waals surface area (Å²) in [6.45, 7) is 5.32. The zero-order valence-corrected chi connectivity index (χ0v) is 18.8. The van der Waals surface area contributed by atoms with E-state index in [2.05, 4.69) is 9.88 Å². The van der Waals surface area contributed by atoms with Crippen LogP contribution in [-0.4, -0.2) is 41.9 Å². The van der Waals surface area contributed by atoms with Crippen LogP contribution in [-0.2, 0) is 13.1 Å². The Morgan fingerprint density at radius 2 is 1.72 bits per heavy atom. The van der Waals surface area contributed by atoms with Gasteiger partial charge in [0.15, 0.2) is 11.5 Å². The standard InChI is InChI=1S/C24H27FN4O3/c1-16-17(2)26-24-28(20-8-6-19(25)7-9-20)14-27(15-29(24)23(16)30)12-11-18-5-10-21(31-3)22(13-18)32-4/h5-10,13H,11-12,14-15H2,1-4H3. The number of fused-ring (bicyclic) bond motifs is 1. The van der Waals surface area contributed by atoms with Gasteiger partial charge in [0.1, 0.15) is 5.82 Å². The van der Waals surface area contributed by atoms with E-state index in [-0.39, 0.29) is 11.4 Å². The monoisotopic (exact) mass is 438 g/mol. The maximum absolute atomic E-state index is 13.5. The Balaban J connectivity index is 1.63. The molecular weight excluding hydrogens is 411 g/mol. The van der Waals surface area contributed by atoms with Gasteiger partial charge in [0.2, 0.25) is 5.95 Å². The minimum atomic E-state index is -0.304. The van der Waals surface area contributed by atoms with Crippen LogP contribution in [0.3, 0.4) is 0 Å². The summed E-state index contributed by atoms with van der Waals surface area (Å²) < 4.78 is 25.9. The Morgan fingerprint density at radius 3 is 2.41 bits per heavy atom. The maximum atomic E-state index is 13.5. The predicted octanol–water partition coefficient (Wildman–Crippen LogP) is 3.63. The van der Waals surface area contributed by atoms with Crippen LogP contribution < -0.4 is 19.9 Å². The summed E-state index contributed by atoms with van der Waals surface area (Å²) in [4.78, 5) is 21.8. The molecule has 0 spiro atoms. The van der Waals surface area contributed by atoms with Gasteiger partial charge in [-0.1, -0.05) is 6.07 Å². The number of aryl methyl sites for hydroxylation is 1. The number of benzene rings is 2. The van der Waals surface area contributed by atoms with Crippen LogP contribution in [0.15, 0.2) is 47.3 Å². The molecule has 0 saturated heterocycles. The third kappa shape index (κ3) is 4.18. The Morgan fingerprint density at radius 1 is 1.00 bits per heavy atom. The molecule has 0 unspecified atom stereocenters. The van der Waals surface area contributed by atoms with E-state index >= 15 is 0 Å². The van der Waals surface area contributed by atoms with Gasteiger partial charge in [-0.25, -0.2) is 9.37 Å². The topological polar surface area (TPSA) is 59.8 Å². The summed E-state index contributed by atoms with van der Waals surface area (Å²) >= 11 is 0. The van der Waals surface area contributed by atoms with Crippen LogP contribution >= 0.6 is 0 Å². The second-order valence-corrected chi connectivity index (χ2v) is 7.88. The Kier molecular flexibility index (Phi) is 6.14. The van der Waals surface area contributed by atoms with E-state index in [4.69, 9.17) is 9.47 Å². The number of hydrogen-bond acceptors (Lipinski definition) is 6. The molecular formula is C24H27FN4O3. The first-order chi connectivity index (χ1) is 15.4. The van der Waals surface area contributed by atoms with Crippen LogP contribution in [0.25, 0.3) is 0 Å². The zero-order chi connectivity index (χ0) is 22.8. The lowest BCUT2D eigenvalue weighted by atomic mass is 10.1. The lowest BCUT2D eigenvalue weighted by Gasteiger charge is -2.38. The zero-order valence-electron chi connectivity index (χ0n) is 18.8. The van der Waals surface area contributed by atoms with Gasteiger partial charge in [0.05, 0.1) is 27.6 Å². The minimum absolute atomic E-state index is 0.0598. The number of ether oxygens (including phenoxy) is 2. The van der Waals surface area contributed by atoms with E-state index in [1.54, 1.807) is 37.8 Å². The first-order valence-electron chi connectivity index (χ1n) is 10.5. The molecule has 2 heterocycles. The van der Waals surface area contributed by atoms with Crippen molar-refractivity contribution in [3.8, 4) is 11.5 Å². The molecule has 0 radical (unpaired) electrons. The Hall–Kier alpha value is -3.39. The highest BCUT2D eigenvalue weighted by Gasteiger charge is 2.27. The van der Waals surface area contributed by atoms with E-state index in [9.17, 15) is 9.18 Å². The summed E-state index contributed by atoms with van der Waals surface area (Å²) in [6, 6.07) is 12.1. The molecule has 32 heavy (non-hydrogen) atoms. The van der Waals surface area contributed by atoms with Gasteiger partial charge in [0.25, 0.3) is 5.56 Å². The van der Waals surface area contributed by atoms with Crippen molar-refractivity contribution < 1.29 is 13.9 Å². The van der Waals surface area contributed by atoms with E-state index in [0.29, 0.717) is 48.6 Å². The summed E-state index contributed by atoms with van der Waals surface area (Å²) in [5, 5.41) is 0. The van der Waals surface area contributed by atoms with Crippen molar-refractivity contribution in [2.45, 2.75) is 26.9 Å². The second kappa shape index (κ2) is 9.00. The van der Waals surface area contributed by atoms with Crippen molar-refractivity contribution >= 4 is 11.6 Å². The fraction of sp³-hybridized carbons (Fsp3) is 0.333. The third-order valence-corrected chi connectivity index (χ3v) is 5.85. The number of halogens is 1. The van der Waals surface area contributed by atoms with Crippen LogP contribution in [0.5, 0.6) is 11.5 Å². The number of nitrogens with zero attached hydrogens (tertiary/aromatic N) is 4. The minimum Gasteiger partial charge on any atom is -0.493 e. The number of aromatic nitrogens is 2. The van der Waals surface area contributed by atoms with E-state index < -0.39 is 0 Å². The molecule has 0 saturated carbocycles. The second-order valence-electron chi connectivity index (χ2n) is 7.88. The van der Waals surface area contributed by atoms with Crippen molar-refractivity contribution in [2.75, 3.05) is 32.3 Å². The van der Waals surface area contributed by atoms with Crippen molar-refractivity contribution in [1.29, 1.82) is 0 Å². The van der Waals surface area contributed by atoms with Crippen LogP contribution in [0, 0.1) is 19.7 Å². The molecule has 0 aliphatic carbocycles. The predicted molar refractivity (Wildman–Crippen MR) is 121 cm³/mol. The van der Waals surface area contributed by atoms with Crippen LogP contribution in [0.2, 0.25) is 0 Å². The number of anilines is 2. The highest BCUT2D eigenvalue weighted by molar-refractivity contribution is 5.58. The molecule has 1 aliphatic rings. The number of methoxy groups -OCH3 is 2. The van der Waals surface area contributed by atoms with Gasteiger partial charge in [0, 0.05) is 23.5 Å². The van der Waals surface area contributed by atoms with Crippen molar-refractivity contribution in [3.05, 3.63) is 75.5 Å². The number of hydrogen-bond donors (Lipinski definition) is 0. The summed E-state index contributed by atoms with van der Waals surface area (Å²) in [5.41, 5.74) is 3.16. The third-order valence-electron chi connectivity index (χ3n) is 5.85. The van der Waals surface area contributed by atoms with E-state index in [1.807, 2.05) is 30.0 Å². The molecule has 0 fully saturated rings. The summed E-state index contributed by atoms with van der Waals surface area (Å²) in [6.07, 6.45) is 0.764. The lowest BCUT2D eigenvalue weighted by molar-refractivity contribution is 0.200. The molecule has 0 atom stereocenters. The normalized spacial score (nSPS) is 13.7. The molecule has 0 bridgehead atoms. The lowest BCUT2D eigenvalue weighted by Crippen LogP contribution is -2.48. The fourth-order valence-corrected chi connectivity index (χ4v) is 3.87.